The van der Waals surface area contributed by atoms with E-state index in [1.165, 1.54) is 64.0 Å². The predicted molar refractivity (Wildman–Crippen MR) is 79.6 cm³/mol. The first-order valence-electron chi connectivity index (χ1n) is 7.74. The molecule has 2 fully saturated rings. The van der Waals surface area contributed by atoms with Crippen molar-refractivity contribution in [3.63, 3.8) is 0 Å². The van der Waals surface area contributed by atoms with Gasteiger partial charge in [0.1, 0.15) is 0 Å². The second-order valence-corrected chi connectivity index (χ2v) is 5.97. The zero-order valence-corrected chi connectivity index (χ0v) is 12.0. The van der Waals surface area contributed by atoms with Gasteiger partial charge >= 0.3 is 0 Å². The van der Waals surface area contributed by atoms with Gasteiger partial charge in [-0.2, -0.15) is 0 Å². The smallest absolute Gasteiger partial charge is 0.0400 e. The largest absolute Gasteiger partial charge is 0.370 e. The van der Waals surface area contributed by atoms with Crippen molar-refractivity contribution in [3.8, 4) is 0 Å². The Kier molecular flexibility index (Phi) is 4.02. The fraction of sp³-hybridized carbons (Fsp3) is 0.688. The first-order valence-corrected chi connectivity index (χ1v) is 7.74. The molecule has 19 heavy (non-hydrogen) atoms. The molecule has 3 heteroatoms. The third-order valence-corrected chi connectivity index (χ3v) is 4.62. The van der Waals surface area contributed by atoms with Crippen molar-refractivity contribution < 1.29 is 0 Å². The van der Waals surface area contributed by atoms with Crippen LogP contribution in [-0.4, -0.2) is 42.1 Å². The lowest BCUT2D eigenvalue weighted by atomic mass is 10.2. The van der Waals surface area contributed by atoms with Crippen LogP contribution in [0.3, 0.4) is 0 Å². The van der Waals surface area contributed by atoms with Gasteiger partial charge in [-0.1, -0.05) is 12.8 Å². The lowest BCUT2D eigenvalue weighted by Gasteiger charge is -2.27. The second-order valence-electron chi connectivity index (χ2n) is 5.97. The lowest BCUT2D eigenvalue weighted by molar-refractivity contribution is 0.213. The summed E-state index contributed by atoms with van der Waals surface area (Å²) in [5.41, 5.74) is 2.47. The van der Waals surface area contributed by atoms with E-state index >= 15 is 0 Å². The van der Waals surface area contributed by atoms with Gasteiger partial charge in [-0.15, -0.1) is 0 Å². The van der Waals surface area contributed by atoms with Gasteiger partial charge in [0, 0.05) is 49.8 Å². The molecule has 104 valence electrons. The Morgan fingerprint density at radius 2 is 1.89 bits per heavy atom. The molecule has 0 N–H and O–H groups in total. The fourth-order valence-electron chi connectivity index (χ4n) is 3.56. The van der Waals surface area contributed by atoms with Crippen molar-refractivity contribution in [2.24, 2.45) is 0 Å². The normalized spacial score (nSPS) is 22.7. The number of aryl methyl sites for hydroxylation is 1. The minimum absolute atomic E-state index is 0.874. The maximum absolute atomic E-state index is 4.30. The van der Waals surface area contributed by atoms with Crippen LogP contribution >= 0.6 is 0 Å². The number of nitrogens with zero attached hydrogens (tertiary/aromatic N) is 3. The van der Waals surface area contributed by atoms with Gasteiger partial charge in [-0.05, 0) is 38.3 Å². The van der Waals surface area contributed by atoms with Crippen molar-refractivity contribution >= 4 is 5.69 Å². The Balaban J connectivity index is 1.63. The van der Waals surface area contributed by atoms with Crippen LogP contribution in [0.4, 0.5) is 5.69 Å². The van der Waals surface area contributed by atoms with Gasteiger partial charge in [0.15, 0.2) is 0 Å². The summed E-state index contributed by atoms with van der Waals surface area (Å²) >= 11 is 0. The molecule has 2 heterocycles. The summed E-state index contributed by atoms with van der Waals surface area (Å²) in [6.45, 7) is 6.94. The molecule has 1 saturated carbocycles. The molecule has 0 bridgehead atoms. The Bertz CT molecular complexity index is 412. The molecule has 0 spiro atoms. The summed E-state index contributed by atoms with van der Waals surface area (Å²) in [6, 6.07) is 5.24. The number of aromatic nitrogens is 1. The van der Waals surface area contributed by atoms with Crippen LogP contribution in [0.15, 0.2) is 18.3 Å². The molecule has 0 unspecified atom stereocenters. The second kappa shape index (κ2) is 5.91. The average molecular weight is 259 g/mol. The highest BCUT2D eigenvalue weighted by Crippen LogP contribution is 2.25. The average Bonchev–Trinajstić information content (AvgIpc) is 2.83. The van der Waals surface area contributed by atoms with E-state index in [0.717, 1.165) is 11.7 Å². The van der Waals surface area contributed by atoms with Crippen LogP contribution in [0, 0.1) is 6.92 Å². The van der Waals surface area contributed by atoms with Gasteiger partial charge < -0.3 is 4.90 Å². The molecule has 0 amide bonds. The van der Waals surface area contributed by atoms with Crippen molar-refractivity contribution in [2.45, 2.75) is 45.1 Å². The van der Waals surface area contributed by atoms with E-state index < -0.39 is 0 Å². The summed E-state index contributed by atoms with van der Waals surface area (Å²) in [7, 11) is 0. The predicted octanol–water partition coefficient (Wildman–Crippen LogP) is 2.84. The Morgan fingerprint density at radius 1 is 1.05 bits per heavy atom. The molecule has 2 aliphatic rings. The number of pyridine rings is 1. The monoisotopic (exact) mass is 259 g/mol. The molecule has 1 aromatic heterocycles. The van der Waals surface area contributed by atoms with E-state index in [1.54, 1.807) is 0 Å². The SMILES string of the molecule is Cc1cc(N2CCCN(C3CCCC3)CC2)ccn1. The lowest BCUT2D eigenvalue weighted by Crippen LogP contribution is -2.36. The van der Waals surface area contributed by atoms with Crippen molar-refractivity contribution in [1.29, 1.82) is 0 Å². The topological polar surface area (TPSA) is 19.4 Å². The standard InChI is InChI=1S/C16H25N3/c1-14-13-16(7-8-17-14)19-10-4-9-18(11-12-19)15-5-2-3-6-15/h7-8,13,15H,2-6,9-12H2,1H3. The van der Waals surface area contributed by atoms with E-state index in [4.69, 9.17) is 0 Å². The number of rotatable bonds is 2. The van der Waals surface area contributed by atoms with Crippen LogP contribution in [0.25, 0.3) is 0 Å². The molecule has 0 radical (unpaired) electrons. The van der Waals surface area contributed by atoms with Crippen molar-refractivity contribution in [1.82, 2.24) is 9.88 Å². The molecule has 1 aliphatic carbocycles. The van der Waals surface area contributed by atoms with E-state index in [0.29, 0.717) is 0 Å². The summed E-state index contributed by atoms with van der Waals surface area (Å²) in [5.74, 6) is 0. The number of hydrogen-bond acceptors (Lipinski definition) is 3. The summed E-state index contributed by atoms with van der Waals surface area (Å²) < 4.78 is 0. The van der Waals surface area contributed by atoms with Crippen LogP contribution < -0.4 is 4.90 Å². The number of anilines is 1. The maximum atomic E-state index is 4.30. The zero-order chi connectivity index (χ0) is 13.1. The molecular formula is C16H25N3. The molecule has 0 aromatic carbocycles. The molecule has 3 nitrogen and oxygen atoms in total. The third-order valence-electron chi connectivity index (χ3n) is 4.62. The minimum atomic E-state index is 0.874. The molecule has 3 rings (SSSR count). The number of hydrogen-bond donors (Lipinski definition) is 0. The summed E-state index contributed by atoms with van der Waals surface area (Å²) in [4.78, 5) is 9.57. The van der Waals surface area contributed by atoms with Gasteiger partial charge in [-0.25, -0.2) is 0 Å². The van der Waals surface area contributed by atoms with Gasteiger partial charge in [0.2, 0.25) is 0 Å². The third kappa shape index (κ3) is 3.08. The molecular weight excluding hydrogens is 234 g/mol. The molecule has 1 aliphatic heterocycles. The Hall–Kier alpha value is -1.09. The van der Waals surface area contributed by atoms with Gasteiger partial charge in [0.05, 0.1) is 0 Å². The highest BCUT2D eigenvalue weighted by Gasteiger charge is 2.24. The van der Waals surface area contributed by atoms with Crippen molar-refractivity contribution in [2.75, 3.05) is 31.1 Å². The van der Waals surface area contributed by atoms with Crippen LogP contribution in [0.5, 0.6) is 0 Å². The van der Waals surface area contributed by atoms with Crippen LogP contribution in [-0.2, 0) is 0 Å². The first kappa shape index (κ1) is 12.9. The highest BCUT2D eigenvalue weighted by atomic mass is 15.2. The van der Waals surface area contributed by atoms with Gasteiger partial charge in [0.25, 0.3) is 0 Å². The van der Waals surface area contributed by atoms with Crippen molar-refractivity contribution in [3.05, 3.63) is 24.0 Å². The van der Waals surface area contributed by atoms with E-state index in [2.05, 4.69) is 33.8 Å². The fourth-order valence-corrected chi connectivity index (χ4v) is 3.56. The zero-order valence-electron chi connectivity index (χ0n) is 12.0. The minimum Gasteiger partial charge on any atom is -0.370 e. The van der Waals surface area contributed by atoms with E-state index in [-0.39, 0.29) is 0 Å². The quantitative estimate of drug-likeness (QED) is 0.814. The molecule has 1 aromatic rings. The van der Waals surface area contributed by atoms with Crippen LogP contribution in [0.2, 0.25) is 0 Å². The summed E-state index contributed by atoms with van der Waals surface area (Å²) in [5, 5.41) is 0. The molecule has 1 saturated heterocycles. The Labute approximate surface area is 116 Å². The first-order chi connectivity index (χ1) is 9.33. The van der Waals surface area contributed by atoms with E-state index in [9.17, 15) is 0 Å². The van der Waals surface area contributed by atoms with Crippen LogP contribution in [0.1, 0.15) is 37.8 Å². The van der Waals surface area contributed by atoms with E-state index in [1.807, 2.05) is 6.20 Å². The highest BCUT2D eigenvalue weighted by molar-refractivity contribution is 5.46. The Morgan fingerprint density at radius 3 is 2.68 bits per heavy atom. The maximum Gasteiger partial charge on any atom is 0.0400 e. The molecule has 0 atom stereocenters. The van der Waals surface area contributed by atoms with Gasteiger partial charge in [-0.3, -0.25) is 9.88 Å². The summed E-state index contributed by atoms with van der Waals surface area (Å²) in [6.07, 6.45) is 8.95.